The Kier molecular flexibility index (Phi) is 4.36. The minimum absolute atomic E-state index is 0.164. The van der Waals surface area contributed by atoms with Crippen molar-refractivity contribution in [2.24, 2.45) is 5.92 Å². The van der Waals surface area contributed by atoms with Gasteiger partial charge in [0, 0.05) is 17.6 Å². The highest BCUT2D eigenvalue weighted by atomic mass is 16.7. The van der Waals surface area contributed by atoms with Crippen LogP contribution in [0.2, 0.25) is 0 Å². The number of aliphatic hydroxyl groups is 4. The third-order valence-corrected chi connectivity index (χ3v) is 8.37. The minimum Gasteiger partial charge on any atom is -0.422 e. The lowest BCUT2D eigenvalue weighted by Gasteiger charge is -2.49. The average Bonchev–Trinajstić information content (AvgIpc) is 3.53. The van der Waals surface area contributed by atoms with Crippen LogP contribution in [-0.2, 0) is 9.53 Å². The Balaban J connectivity index is 1.27. The van der Waals surface area contributed by atoms with E-state index < -0.39 is 41.1 Å². The van der Waals surface area contributed by atoms with Crippen LogP contribution in [0.1, 0.15) is 19.3 Å². The van der Waals surface area contributed by atoms with E-state index in [0.717, 1.165) is 27.1 Å². The maximum Gasteiger partial charge on any atom is 0.343 e. The number of carbonyl (C=O) groups is 1. The maximum absolute atomic E-state index is 13.3. The molecular weight excluding hydrogens is 462 g/mol. The molecule has 184 valence electrons. The quantitative estimate of drug-likeness (QED) is 0.167. The fourth-order valence-electron chi connectivity index (χ4n) is 6.43. The van der Waals surface area contributed by atoms with Crippen LogP contribution in [0.3, 0.4) is 0 Å². The van der Waals surface area contributed by atoms with Crippen molar-refractivity contribution in [2.75, 3.05) is 0 Å². The van der Waals surface area contributed by atoms with E-state index in [4.69, 9.17) is 9.47 Å². The van der Waals surface area contributed by atoms with Gasteiger partial charge in [0.2, 0.25) is 5.79 Å². The molecule has 0 radical (unpaired) electrons. The lowest BCUT2D eigenvalue weighted by molar-refractivity contribution is -0.342. The van der Waals surface area contributed by atoms with Crippen LogP contribution >= 0.6 is 0 Å². The van der Waals surface area contributed by atoms with Crippen LogP contribution in [0, 0.1) is 5.92 Å². The smallest absolute Gasteiger partial charge is 0.343 e. The van der Waals surface area contributed by atoms with Crippen molar-refractivity contribution >= 4 is 38.4 Å². The largest absolute Gasteiger partial charge is 0.422 e. The van der Waals surface area contributed by atoms with Crippen LogP contribution in [0.25, 0.3) is 32.4 Å². The molecule has 2 heterocycles. The van der Waals surface area contributed by atoms with Gasteiger partial charge in [0.15, 0.2) is 17.5 Å². The van der Waals surface area contributed by atoms with Crippen molar-refractivity contribution in [3.8, 4) is 5.75 Å². The number of benzene rings is 3. The van der Waals surface area contributed by atoms with Gasteiger partial charge in [-0.1, -0.05) is 36.4 Å². The number of carbonyl (C=O) groups excluding carboxylic acids is 1. The molecular formula is C28H25NO7. The summed E-state index contributed by atoms with van der Waals surface area (Å²) >= 11 is 0. The Morgan fingerprint density at radius 3 is 2.64 bits per heavy atom. The normalized spacial score (nSPS) is 35.4. The molecule has 5 N–H and O–H groups in total. The van der Waals surface area contributed by atoms with Crippen molar-refractivity contribution in [3.05, 3.63) is 66.9 Å². The second-order valence-corrected chi connectivity index (χ2v) is 10.2. The molecule has 0 spiro atoms. The molecule has 1 aliphatic heterocycles. The van der Waals surface area contributed by atoms with Crippen LogP contribution in [-0.4, -0.2) is 60.6 Å². The number of nitrogens with one attached hydrogen (secondary N) is 1. The zero-order chi connectivity index (χ0) is 24.9. The molecule has 7 rings (SSSR count). The molecule has 8 heteroatoms. The monoisotopic (exact) mass is 487 g/mol. The summed E-state index contributed by atoms with van der Waals surface area (Å²) in [6.45, 7) is 0. The van der Waals surface area contributed by atoms with E-state index in [-0.39, 0.29) is 12.2 Å². The number of esters is 1. The Morgan fingerprint density at radius 2 is 1.83 bits per heavy atom. The van der Waals surface area contributed by atoms with E-state index in [0.29, 0.717) is 18.2 Å². The highest BCUT2D eigenvalue weighted by Gasteiger charge is 2.76. The third kappa shape index (κ3) is 2.62. The summed E-state index contributed by atoms with van der Waals surface area (Å²) in [4.78, 5) is 16.4. The highest BCUT2D eigenvalue weighted by Crippen LogP contribution is 2.57. The van der Waals surface area contributed by atoms with E-state index in [2.05, 4.69) is 11.1 Å². The first-order chi connectivity index (χ1) is 17.2. The van der Waals surface area contributed by atoms with Crippen molar-refractivity contribution in [3.63, 3.8) is 0 Å². The molecule has 6 atom stereocenters. The number of H-pyrrole nitrogens is 1. The van der Waals surface area contributed by atoms with Crippen LogP contribution in [0.4, 0.5) is 0 Å². The van der Waals surface area contributed by atoms with Gasteiger partial charge in [-0.2, -0.15) is 0 Å². The second-order valence-electron chi connectivity index (χ2n) is 10.2. The molecule has 36 heavy (non-hydrogen) atoms. The van der Waals surface area contributed by atoms with Gasteiger partial charge < -0.3 is 34.9 Å². The topological polar surface area (TPSA) is 132 Å². The molecule has 4 aromatic rings. The number of aromatic amines is 1. The van der Waals surface area contributed by atoms with Gasteiger partial charge in [-0.3, -0.25) is 0 Å². The Labute approximate surface area is 205 Å². The number of hydrogen-bond donors (Lipinski definition) is 5. The first kappa shape index (κ1) is 22.0. The lowest BCUT2D eigenvalue weighted by Crippen LogP contribution is -2.70. The van der Waals surface area contributed by atoms with Gasteiger partial charge >= 0.3 is 5.97 Å². The Bertz CT molecular complexity index is 1590. The molecule has 3 aliphatic rings. The zero-order valence-corrected chi connectivity index (χ0v) is 19.2. The van der Waals surface area contributed by atoms with Gasteiger partial charge in [-0.05, 0) is 65.1 Å². The molecule has 0 bridgehead atoms. The van der Waals surface area contributed by atoms with Gasteiger partial charge in [-0.25, -0.2) is 4.79 Å². The van der Waals surface area contributed by atoms with E-state index in [1.54, 1.807) is 12.3 Å². The first-order valence-corrected chi connectivity index (χ1v) is 12.1. The molecule has 1 saturated carbocycles. The molecule has 0 unspecified atom stereocenters. The summed E-state index contributed by atoms with van der Waals surface area (Å²) in [5.74, 6) is -3.76. The number of ether oxygens (including phenoxy) is 2. The number of aliphatic hydroxyl groups excluding tert-OH is 1. The van der Waals surface area contributed by atoms with Crippen molar-refractivity contribution in [2.45, 2.75) is 48.5 Å². The number of rotatable bonds is 2. The minimum atomic E-state index is -2.55. The van der Waals surface area contributed by atoms with Crippen LogP contribution in [0.15, 0.2) is 66.9 Å². The predicted octanol–water partition coefficient (Wildman–Crippen LogP) is 2.66. The number of hydrogen-bond acceptors (Lipinski definition) is 7. The van der Waals surface area contributed by atoms with Gasteiger partial charge in [0.1, 0.15) is 11.7 Å². The zero-order valence-electron chi connectivity index (χ0n) is 19.2. The molecule has 1 saturated heterocycles. The summed E-state index contributed by atoms with van der Waals surface area (Å²) in [6, 6.07) is 15.9. The van der Waals surface area contributed by atoms with Gasteiger partial charge in [0.25, 0.3) is 0 Å². The fourth-order valence-corrected chi connectivity index (χ4v) is 6.43. The lowest BCUT2D eigenvalue weighted by atomic mass is 9.68. The molecule has 2 fully saturated rings. The summed E-state index contributed by atoms with van der Waals surface area (Å²) in [7, 11) is 0. The number of aromatic nitrogens is 1. The molecule has 0 amide bonds. The molecule has 3 aromatic carbocycles. The van der Waals surface area contributed by atoms with E-state index in [9.17, 15) is 25.2 Å². The summed E-state index contributed by atoms with van der Waals surface area (Å²) < 4.78 is 11.3. The molecule has 8 nitrogen and oxygen atoms in total. The summed E-state index contributed by atoms with van der Waals surface area (Å²) in [5.41, 5.74) is -3.44. The van der Waals surface area contributed by atoms with Crippen LogP contribution < -0.4 is 4.74 Å². The van der Waals surface area contributed by atoms with Gasteiger partial charge in [-0.15, -0.1) is 0 Å². The van der Waals surface area contributed by atoms with Crippen molar-refractivity contribution in [1.82, 2.24) is 4.98 Å². The van der Waals surface area contributed by atoms with E-state index in [1.807, 2.05) is 42.5 Å². The Hall–Kier alpha value is -3.27. The predicted molar refractivity (Wildman–Crippen MR) is 131 cm³/mol. The highest BCUT2D eigenvalue weighted by molar-refractivity contribution is 6.14. The molecule has 1 aromatic heterocycles. The van der Waals surface area contributed by atoms with E-state index in [1.165, 1.54) is 6.08 Å². The molecule has 2 aliphatic carbocycles. The van der Waals surface area contributed by atoms with Crippen molar-refractivity contribution < 1.29 is 34.7 Å². The SMILES string of the molecule is O=C(Oc1c[nH]c2ccc3cc4ccccc4cc3c12)[C@@H]1O[C@]2(O)[C@@](O)(C=C[C@H]3CCC[C@@]32O)[C@H]1O. The van der Waals surface area contributed by atoms with Crippen molar-refractivity contribution in [1.29, 1.82) is 0 Å². The van der Waals surface area contributed by atoms with Crippen LogP contribution in [0.5, 0.6) is 5.75 Å². The third-order valence-electron chi connectivity index (χ3n) is 8.37. The summed E-state index contributed by atoms with van der Waals surface area (Å²) in [6.07, 6.45) is 2.17. The standard InChI is InChI=1S/C28H25NO7/c30-24-23(36-28(34)26(32)10-3-6-18(26)9-11-27(24,28)33)25(31)35-21-14-29-20-8-7-17-12-15-4-1-2-5-16(15)13-19(17)22(20)21/h1-2,4-5,7-9,11-14,18,23-24,29-30,32-34H,3,6,10H2/t18-,23-,24+,26-,27-,28+/m1/s1. The fraction of sp³-hybridized carbons (Fsp3) is 0.321. The second kappa shape index (κ2) is 7.15. The van der Waals surface area contributed by atoms with Gasteiger partial charge in [0.05, 0.1) is 5.39 Å². The summed E-state index contributed by atoms with van der Waals surface area (Å²) in [5, 5.41) is 49.5. The first-order valence-electron chi connectivity index (χ1n) is 12.1. The van der Waals surface area contributed by atoms with E-state index >= 15 is 0 Å². The maximum atomic E-state index is 13.3. The number of fused-ring (bicyclic) bond motifs is 7. The average molecular weight is 488 g/mol. The Morgan fingerprint density at radius 1 is 1.06 bits per heavy atom.